The number of hydrogen-bond donors (Lipinski definition) is 0. The average molecular weight is 308 g/mol. The third kappa shape index (κ3) is 2.56. The highest BCUT2D eigenvalue weighted by Gasteiger charge is 2.38. The fraction of sp³-hybridized carbons (Fsp3) is 0.389. The molecule has 4 rings (SSSR count). The first kappa shape index (κ1) is 14.2. The summed E-state index contributed by atoms with van der Waals surface area (Å²) >= 11 is 0. The van der Waals surface area contributed by atoms with Crippen LogP contribution in [0.4, 0.5) is 5.95 Å². The van der Waals surface area contributed by atoms with Crippen molar-refractivity contribution in [3.63, 3.8) is 0 Å². The van der Waals surface area contributed by atoms with Crippen LogP contribution in [0.5, 0.6) is 5.75 Å². The third-order valence-electron chi connectivity index (χ3n) is 4.65. The monoisotopic (exact) mass is 308 g/mol. The molecule has 0 amide bonds. The minimum absolute atomic E-state index is 0.297. The predicted molar refractivity (Wildman–Crippen MR) is 89.6 cm³/mol. The van der Waals surface area contributed by atoms with E-state index >= 15 is 0 Å². The van der Waals surface area contributed by atoms with E-state index in [0.29, 0.717) is 5.95 Å². The van der Waals surface area contributed by atoms with E-state index in [1.807, 2.05) is 32.0 Å². The molecule has 1 saturated heterocycles. The molecule has 0 N–H and O–H groups in total. The number of nitrogens with zero attached hydrogens (tertiary/aromatic N) is 4. The minimum atomic E-state index is -0.297. The molecule has 1 spiro atoms. The van der Waals surface area contributed by atoms with Crippen molar-refractivity contribution in [1.29, 1.82) is 0 Å². The van der Waals surface area contributed by atoms with Gasteiger partial charge in [0.25, 0.3) is 0 Å². The van der Waals surface area contributed by atoms with Crippen molar-refractivity contribution in [2.24, 2.45) is 0 Å². The molecule has 2 aliphatic rings. The van der Waals surface area contributed by atoms with Crippen LogP contribution in [-0.4, -0.2) is 33.9 Å². The van der Waals surface area contributed by atoms with E-state index in [-0.39, 0.29) is 5.60 Å². The van der Waals surface area contributed by atoms with Crippen LogP contribution in [0.25, 0.3) is 6.08 Å². The highest BCUT2D eigenvalue weighted by Crippen LogP contribution is 2.36. The van der Waals surface area contributed by atoms with Crippen LogP contribution in [0.15, 0.2) is 30.3 Å². The van der Waals surface area contributed by atoms with E-state index in [4.69, 9.17) is 4.74 Å². The lowest BCUT2D eigenvalue weighted by Gasteiger charge is -2.42. The Labute approximate surface area is 136 Å². The van der Waals surface area contributed by atoms with Gasteiger partial charge in [0.05, 0.1) is 17.9 Å². The summed E-state index contributed by atoms with van der Waals surface area (Å²) in [6.45, 7) is 5.59. The predicted octanol–water partition coefficient (Wildman–Crippen LogP) is 2.93. The largest absolute Gasteiger partial charge is 0.481 e. The van der Waals surface area contributed by atoms with Gasteiger partial charge in [-0.3, -0.25) is 0 Å². The van der Waals surface area contributed by atoms with Crippen molar-refractivity contribution in [2.45, 2.75) is 32.3 Å². The maximum absolute atomic E-state index is 6.36. The molecule has 118 valence electrons. The molecule has 1 fully saturated rings. The zero-order chi connectivity index (χ0) is 15.9. The number of para-hydroxylation sites is 1. The van der Waals surface area contributed by atoms with Crippen LogP contribution >= 0.6 is 0 Å². The van der Waals surface area contributed by atoms with E-state index in [0.717, 1.165) is 48.6 Å². The molecular weight excluding hydrogens is 288 g/mol. The van der Waals surface area contributed by atoms with Crippen molar-refractivity contribution in [3.05, 3.63) is 47.3 Å². The molecule has 0 bridgehead atoms. The number of aryl methyl sites for hydroxylation is 2. The van der Waals surface area contributed by atoms with Crippen LogP contribution in [0.1, 0.15) is 29.8 Å². The zero-order valence-electron chi connectivity index (χ0n) is 13.5. The summed E-state index contributed by atoms with van der Waals surface area (Å²) in [5.41, 5.74) is 2.65. The van der Waals surface area contributed by atoms with Gasteiger partial charge >= 0.3 is 0 Å². The Kier molecular flexibility index (Phi) is 3.29. The number of anilines is 1. The van der Waals surface area contributed by atoms with E-state index in [1.165, 1.54) is 0 Å². The van der Waals surface area contributed by atoms with Gasteiger partial charge in [0, 0.05) is 12.1 Å². The van der Waals surface area contributed by atoms with Gasteiger partial charge in [-0.1, -0.05) is 24.3 Å². The Morgan fingerprint density at radius 2 is 2.00 bits per heavy atom. The number of rotatable bonds is 1. The summed E-state index contributed by atoms with van der Waals surface area (Å²) in [7, 11) is 0. The van der Waals surface area contributed by atoms with E-state index in [9.17, 15) is 0 Å². The summed E-state index contributed by atoms with van der Waals surface area (Å²) in [5, 5.41) is 8.48. The smallest absolute Gasteiger partial charge is 0.245 e. The molecule has 2 aromatic rings. The lowest BCUT2D eigenvalue weighted by molar-refractivity contribution is 0.0981. The normalized spacial score (nSPS) is 22.8. The van der Waals surface area contributed by atoms with Gasteiger partial charge in [0.1, 0.15) is 11.4 Å². The number of ether oxygens (including phenoxy) is 1. The summed E-state index contributed by atoms with van der Waals surface area (Å²) < 4.78 is 6.36. The van der Waals surface area contributed by atoms with Crippen molar-refractivity contribution in [3.8, 4) is 5.75 Å². The summed E-state index contributed by atoms with van der Waals surface area (Å²) in [5.74, 6) is 1.65. The molecule has 1 atom stereocenters. The first-order valence-electron chi connectivity index (χ1n) is 8.05. The minimum Gasteiger partial charge on any atom is -0.481 e. The van der Waals surface area contributed by atoms with Gasteiger partial charge in [0.15, 0.2) is 0 Å². The Balaban J connectivity index is 1.61. The Morgan fingerprint density at radius 1 is 1.13 bits per heavy atom. The lowest BCUT2D eigenvalue weighted by Crippen LogP contribution is -2.52. The van der Waals surface area contributed by atoms with Crippen LogP contribution in [-0.2, 0) is 0 Å². The maximum atomic E-state index is 6.36. The molecule has 0 saturated carbocycles. The molecule has 2 aliphatic heterocycles. The topological polar surface area (TPSA) is 51.1 Å². The van der Waals surface area contributed by atoms with Gasteiger partial charge in [-0.2, -0.15) is 5.10 Å². The second kappa shape index (κ2) is 5.33. The fourth-order valence-electron chi connectivity index (χ4n) is 3.23. The maximum Gasteiger partial charge on any atom is 0.245 e. The van der Waals surface area contributed by atoms with E-state index < -0.39 is 0 Å². The first-order valence-corrected chi connectivity index (χ1v) is 8.05. The average Bonchev–Trinajstić information content (AvgIpc) is 2.57. The highest BCUT2D eigenvalue weighted by molar-refractivity contribution is 5.61. The molecule has 5 heteroatoms. The number of benzene rings is 1. The van der Waals surface area contributed by atoms with Gasteiger partial charge in [-0.15, -0.1) is 5.10 Å². The fourth-order valence-corrected chi connectivity index (χ4v) is 3.23. The van der Waals surface area contributed by atoms with Gasteiger partial charge in [-0.25, -0.2) is 4.98 Å². The molecule has 23 heavy (non-hydrogen) atoms. The first-order chi connectivity index (χ1) is 11.2. The van der Waals surface area contributed by atoms with Crippen LogP contribution in [0.2, 0.25) is 0 Å². The summed E-state index contributed by atoms with van der Waals surface area (Å²) in [4.78, 5) is 6.77. The summed E-state index contributed by atoms with van der Waals surface area (Å²) in [6.07, 6.45) is 6.41. The quantitative estimate of drug-likeness (QED) is 0.811. The van der Waals surface area contributed by atoms with Crippen molar-refractivity contribution in [2.75, 3.05) is 18.0 Å². The van der Waals surface area contributed by atoms with E-state index in [1.54, 1.807) is 0 Å². The molecular formula is C18H20N4O. The molecule has 3 heterocycles. The SMILES string of the molecule is Cc1nnc(N2CCCC3(C=Cc4ccccc4O3)C2)nc1C. The second-order valence-corrected chi connectivity index (χ2v) is 6.35. The highest BCUT2D eigenvalue weighted by atomic mass is 16.5. The Morgan fingerprint density at radius 3 is 2.87 bits per heavy atom. The van der Waals surface area contributed by atoms with Gasteiger partial charge < -0.3 is 9.64 Å². The van der Waals surface area contributed by atoms with Crippen LogP contribution in [0, 0.1) is 13.8 Å². The third-order valence-corrected chi connectivity index (χ3v) is 4.65. The Bertz CT molecular complexity index is 773. The molecule has 1 aromatic heterocycles. The Hall–Kier alpha value is -2.43. The van der Waals surface area contributed by atoms with Crippen molar-refractivity contribution in [1.82, 2.24) is 15.2 Å². The van der Waals surface area contributed by atoms with Crippen molar-refractivity contribution >= 4 is 12.0 Å². The lowest BCUT2D eigenvalue weighted by atomic mass is 9.89. The number of fused-ring (bicyclic) bond motifs is 1. The van der Waals surface area contributed by atoms with Crippen LogP contribution in [0.3, 0.4) is 0 Å². The molecule has 0 radical (unpaired) electrons. The van der Waals surface area contributed by atoms with E-state index in [2.05, 4.69) is 38.3 Å². The zero-order valence-corrected chi connectivity index (χ0v) is 13.5. The number of aromatic nitrogens is 3. The van der Waals surface area contributed by atoms with Crippen LogP contribution < -0.4 is 9.64 Å². The molecule has 1 unspecified atom stereocenters. The number of piperidine rings is 1. The van der Waals surface area contributed by atoms with Crippen molar-refractivity contribution < 1.29 is 4.74 Å². The molecule has 0 aliphatic carbocycles. The number of hydrogen-bond acceptors (Lipinski definition) is 5. The molecule has 1 aromatic carbocycles. The summed E-state index contributed by atoms with van der Waals surface area (Å²) in [6, 6.07) is 8.16. The second-order valence-electron chi connectivity index (χ2n) is 6.35. The van der Waals surface area contributed by atoms with Gasteiger partial charge in [-0.05, 0) is 38.8 Å². The molecule has 5 nitrogen and oxygen atoms in total. The van der Waals surface area contributed by atoms with Gasteiger partial charge in [0.2, 0.25) is 5.95 Å². The standard InChI is InChI=1S/C18H20N4O/c1-13-14(2)20-21-17(19-13)22-11-5-9-18(12-22)10-8-15-6-3-4-7-16(15)23-18/h3-4,6-8,10H,5,9,11-12H2,1-2H3.